The summed E-state index contributed by atoms with van der Waals surface area (Å²) in [7, 11) is -3.99. The maximum Gasteiger partial charge on any atom is 0.291 e. The molecule has 0 radical (unpaired) electrons. The fourth-order valence-corrected chi connectivity index (χ4v) is 6.38. The maximum atomic E-state index is 13.4. The van der Waals surface area contributed by atoms with Crippen molar-refractivity contribution in [2.24, 2.45) is 5.92 Å². The molecule has 0 saturated carbocycles. The first-order valence-corrected chi connectivity index (χ1v) is 13.9. The van der Waals surface area contributed by atoms with Crippen LogP contribution in [0.1, 0.15) is 32.2 Å². The Bertz CT molecular complexity index is 1430. The van der Waals surface area contributed by atoms with Gasteiger partial charge in [-0.05, 0) is 19.1 Å². The maximum absolute atomic E-state index is 13.4. The van der Waals surface area contributed by atoms with E-state index < -0.39 is 27.0 Å². The van der Waals surface area contributed by atoms with E-state index in [1.54, 1.807) is 11.8 Å². The molecular weight excluding hydrogens is 530 g/mol. The van der Waals surface area contributed by atoms with Crippen LogP contribution in [0.2, 0.25) is 0 Å². The minimum absolute atomic E-state index is 0.0361. The van der Waals surface area contributed by atoms with Gasteiger partial charge in [-0.2, -0.15) is 4.68 Å². The van der Waals surface area contributed by atoms with Crippen molar-refractivity contribution >= 4 is 44.0 Å². The first-order valence-electron chi connectivity index (χ1n) is 11.6. The summed E-state index contributed by atoms with van der Waals surface area (Å²) in [6.07, 6.45) is -2.80. The van der Waals surface area contributed by atoms with Crippen LogP contribution in [0.4, 0.5) is 14.5 Å². The molecule has 0 atom stereocenters. The smallest absolute Gasteiger partial charge is 0.291 e. The fraction of sp³-hybridized carbons (Fsp3) is 0.571. The molecule has 0 aliphatic carbocycles. The number of nitrogens with zero attached hydrogens (tertiary/aromatic N) is 7. The van der Waals surface area contributed by atoms with E-state index in [1.807, 2.05) is 18.7 Å². The molecule has 1 aromatic carbocycles. The number of rotatable bonds is 7. The fourth-order valence-electron chi connectivity index (χ4n) is 4.30. The van der Waals surface area contributed by atoms with Crippen LogP contribution < -0.4 is 9.62 Å². The van der Waals surface area contributed by atoms with Crippen LogP contribution in [0, 0.1) is 5.92 Å². The van der Waals surface area contributed by atoms with E-state index in [2.05, 4.69) is 25.2 Å². The van der Waals surface area contributed by atoms with Gasteiger partial charge in [0.1, 0.15) is 11.0 Å². The average molecular weight is 557 g/mol. The zero-order valence-electron chi connectivity index (χ0n) is 20.4. The van der Waals surface area contributed by atoms with Crippen molar-refractivity contribution in [1.82, 2.24) is 34.8 Å². The summed E-state index contributed by atoms with van der Waals surface area (Å²) in [6, 6.07) is 2.92. The van der Waals surface area contributed by atoms with Crippen LogP contribution in [0.25, 0.3) is 16.2 Å². The Morgan fingerprint density at radius 1 is 1.14 bits per heavy atom. The molecule has 4 heterocycles. The quantitative estimate of drug-likeness (QED) is 0.460. The zero-order chi connectivity index (χ0) is 26.5. The molecular formula is C21H26F2N8O4S2. The van der Waals surface area contributed by atoms with E-state index in [9.17, 15) is 22.0 Å². The summed E-state index contributed by atoms with van der Waals surface area (Å²) in [4.78, 5) is 16.1. The Hall–Kier alpha value is -2.82. The molecule has 37 heavy (non-hydrogen) atoms. The number of anilines is 1. The van der Waals surface area contributed by atoms with Gasteiger partial charge in [-0.1, -0.05) is 30.4 Å². The first-order chi connectivity index (χ1) is 17.5. The predicted molar refractivity (Wildman–Crippen MR) is 130 cm³/mol. The Balaban J connectivity index is 1.57. The summed E-state index contributed by atoms with van der Waals surface area (Å²) in [5.41, 5.74) is 0.440. The van der Waals surface area contributed by atoms with Crippen LogP contribution in [-0.2, 0) is 19.6 Å². The van der Waals surface area contributed by atoms with Crippen LogP contribution in [-0.4, -0.2) is 89.3 Å². The number of nitrogens with one attached hydrogen (secondary N) is 1. The summed E-state index contributed by atoms with van der Waals surface area (Å²) in [5, 5.41) is 15.2. The Labute approximate surface area is 215 Å². The van der Waals surface area contributed by atoms with Crippen molar-refractivity contribution in [2.45, 2.75) is 37.6 Å². The number of ether oxygens (including phenoxy) is 1. The number of piperazine rings is 1. The Kier molecular flexibility index (Phi) is 6.62. The third-order valence-electron chi connectivity index (χ3n) is 6.26. The second-order valence-corrected chi connectivity index (χ2v) is 12.3. The largest absolute Gasteiger partial charge is 0.377 e. The number of alkyl halides is 2. The van der Waals surface area contributed by atoms with Gasteiger partial charge in [0.15, 0.2) is 5.01 Å². The molecule has 200 valence electrons. The number of amides is 1. The second kappa shape index (κ2) is 9.49. The molecule has 1 amide bonds. The normalized spacial score (nSPS) is 18.1. The van der Waals surface area contributed by atoms with Crippen molar-refractivity contribution in [2.75, 3.05) is 44.3 Å². The molecule has 2 aliphatic rings. The number of aromatic nitrogens is 5. The number of sulfonamides is 1. The van der Waals surface area contributed by atoms with Crippen LogP contribution in [0.5, 0.6) is 0 Å². The van der Waals surface area contributed by atoms with E-state index in [4.69, 9.17) is 4.74 Å². The zero-order valence-corrected chi connectivity index (χ0v) is 22.0. The van der Waals surface area contributed by atoms with Gasteiger partial charge in [0, 0.05) is 32.1 Å². The third-order valence-corrected chi connectivity index (χ3v) is 8.79. The molecule has 2 saturated heterocycles. The lowest BCUT2D eigenvalue weighted by Gasteiger charge is -2.38. The van der Waals surface area contributed by atoms with Gasteiger partial charge in [-0.3, -0.25) is 4.79 Å². The third kappa shape index (κ3) is 4.89. The van der Waals surface area contributed by atoms with E-state index in [0.717, 1.165) is 0 Å². The summed E-state index contributed by atoms with van der Waals surface area (Å²) in [6.45, 7) is 7.77. The number of carbonyl (C=O) groups is 1. The number of fused-ring (bicyclic) bond motifs is 1. The summed E-state index contributed by atoms with van der Waals surface area (Å²) in [5.74, 6) is -0.0714. The lowest BCUT2D eigenvalue weighted by Crippen LogP contribution is -2.59. The van der Waals surface area contributed by atoms with E-state index >= 15 is 0 Å². The van der Waals surface area contributed by atoms with Gasteiger partial charge in [-0.15, -0.1) is 15.3 Å². The van der Waals surface area contributed by atoms with Gasteiger partial charge >= 0.3 is 0 Å². The van der Waals surface area contributed by atoms with E-state index in [1.165, 1.54) is 16.8 Å². The molecule has 2 aliphatic heterocycles. The van der Waals surface area contributed by atoms with Gasteiger partial charge < -0.3 is 14.5 Å². The van der Waals surface area contributed by atoms with E-state index in [0.29, 0.717) is 48.7 Å². The van der Waals surface area contributed by atoms with Crippen molar-refractivity contribution in [3.8, 4) is 5.13 Å². The Morgan fingerprint density at radius 3 is 2.41 bits per heavy atom. The molecule has 5 rings (SSSR count). The number of carbonyl (C=O) groups excluding carboxylic acids is 1. The highest BCUT2D eigenvalue weighted by atomic mass is 32.2. The highest BCUT2D eigenvalue weighted by Crippen LogP contribution is 2.33. The van der Waals surface area contributed by atoms with Crippen molar-refractivity contribution in [1.29, 1.82) is 0 Å². The summed E-state index contributed by atoms with van der Waals surface area (Å²) < 4.78 is 62.1. The van der Waals surface area contributed by atoms with Crippen molar-refractivity contribution in [3.63, 3.8) is 0 Å². The molecule has 0 unspecified atom stereocenters. The molecule has 2 fully saturated rings. The Morgan fingerprint density at radius 2 is 1.84 bits per heavy atom. The van der Waals surface area contributed by atoms with Crippen LogP contribution in [0.15, 0.2) is 17.0 Å². The van der Waals surface area contributed by atoms with Gasteiger partial charge in [0.25, 0.3) is 6.43 Å². The average Bonchev–Trinajstić information content (AvgIpc) is 3.49. The van der Waals surface area contributed by atoms with Gasteiger partial charge in [0.2, 0.25) is 21.1 Å². The number of halogens is 2. The predicted octanol–water partition coefficient (Wildman–Crippen LogP) is 1.58. The highest BCUT2D eigenvalue weighted by Gasteiger charge is 2.38. The monoisotopic (exact) mass is 556 g/mol. The lowest BCUT2D eigenvalue weighted by molar-refractivity contribution is -0.134. The molecule has 0 spiro atoms. The molecule has 16 heteroatoms. The SMILES string of the molecule is CC(C)C(=O)N1CCN(c2cc(S(=O)(=O)NC3(C)COC3)cc3c2nnn3-c2nnc(C(F)F)s2)CC1. The minimum Gasteiger partial charge on any atom is -0.377 e. The number of hydrogen-bond donors (Lipinski definition) is 1. The topological polar surface area (TPSA) is 135 Å². The molecule has 2 aromatic heterocycles. The number of hydrogen-bond acceptors (Lipinski definition) is 10. The van der Waals surface area contributed by atoms with Gasteiger partial charge in [0.05, 0.1) is 29.3 Å². The lowest BCUT2D eigenvalue weighted by atomic mass is 10.0. The van der Waals surface area contributed by atoms with Crippen molar-refractivity contribution in [3.05, 3.63) is 17.1 Å². The molecule has 1 N–H and O–H groups in total. The van der Waals surface area contributed by atoms with E-state index in [-0.39, 0.29) is 40.6 Å². The van der Waals surface area contributed by atoms with Crippen LogP contribution in [0.3, 0.4) is 0 Å². The van der Waals surface area contributed by atoms with Crippen molar-refractivity contribution < 1.29 is 26.7 Å². The molecule has 12 nitrogen and oxygen atoms in total. The standard InChI is InChI=1S/C21H26F2N8O4S2/c1-12(2)19(32)30-6-4-29(5-7-30)14-8-13(37(33,34)27-21(3)10-35-11-21)9-15-16(14)24-28-31(15)20-26-25-18(36-20)17(22)23/h8-9,12,17,27H,4-7,10-11H2,1-3H3. The summed E-state index contributed by atoms with van der Waals surface area (Å²) >= 11 is 0.646. The minimum atomic E-state index is -3.99. The molecule has 0 bridgehead atoms. The van der Waals surface area contributed by atoms with Crippen LogP contribution >= 0.6 is 11.3 Å². The first kappa shape index (κ1) is 25.8. The second-order valence-electron chi connectivity index (χ2n) is 9.66. The number of benzene rings is 1. The highest BCUT2D eigenvalue weighted by molar-refractivity contribution is 7.89. The van der Waals surface area contributed by atoms with Gasteiger partial charge in [-0.25, -0.2) is 21.9 Å². The molecule has 3 aromatic rings.